The summed E-state index contributed by atoms with van der Waals surface area (Å²) in [6.45, 7) is 9.15. The minimum atomic E-state index is -0.296. The third-order valence-electron chi connectivity index (χ3n) is 5.67. The summed E-state index contributed by atoms with van der Waals surface area (Å²) in [5.41, 5.74) is 1.60. The van der Waals surface area contributed by atoms with Gasteiger partial charge in [-0.3, -0.25) is 14.0 Å². The highest BCUT2D eigenvalue weighted by atomic mass is 32.2. The molecule has 1 fully saturated rings. The average molecular weight is 496 g/mol. The van der Waals surface area contributed by atoms with Gasteiger partial charge in [0.25, 0.3) is 11.5 Å². The maximum absolute atomic E-state index is 13.4. The maximum Gasteiger partial charge on any atom is 0.269 e. The lowest BCUT2D eigenvalue weighted by Crippen LogP contribution is -2.30. The number of benzene rings is 1. The highest BCUT2D eigenvalue weighted by Gasteiger charge is 2.34. The fourth-order valence-corrected chi connectivity index (χ4v) is 5.18. The van der Waals surface area contributed by atoms with Crippen LogP contribution in [0.25, 0.3) is 11.7 Å². The van der Waals surface area contributed by atoms with Crippen LogP contribution in [0, 0.1) is 0 Å². The van der Waals surface area contributed by atoms with Crippen LogP contribution in [0.2, 0.25) is 0 Å². The van der Waals surface area contributed by atoms with Gasteiger partial charge in [-0.15, -0.1) is 12.6 Å². The molecule has 3 aromatic rings. The molecule has 1 unspecified atom stereocenters. The van der Waals surface area contributed by atoms with E-state index in [2.05, 4.69) is 45.3 Å². The van der Waals surface area contributed by atoms with Crippen LogP contribution >= 0.6 is 24.4 Å². The van der Waals surface area contributed by atoms with Gasteiger partial charge in [0.1, 0.15) is 21.7 Å². The van der Waals surface area contributed by atoms with Crippen LogP contribution in [0.3, 0.4) is 0 Å². The molecule has 0 bridgehead atoms. The van der Waals surface area contributed by atoms with Gasteiger partial charge < -0.3 is 9.64 Å². The predicted molar refractivity (Wildman–Crippen MR) is 142 cm³/mol. The van der Waals surface area contributed by atoms with Gasteiger partial charge in [-0.05, 0) is 47.7 Å². The summed E-state index contributed by atoms with van der Waals surface area (Å²) in [4.78, 5) is 33.2. The topological polar surface area (TPSA) is 63.9 Å². The SMILES string of the molecule is CCCCN1C(=O)C(=Cc2c(Oc3ccc(C(C)(C)C)cc3)nc3ccccn3c2=O)SC1S. The molecular formula is C26H29N3O3S2. The highest BCUT2D eigenvalue weighted by Crippen LogP contribution is 2.39. The molecular weight excluding hydrogens is 466 g/mol. The van der Waals surface area contributed by atoms with Crippen LogP contribution in [0.4, 0.5) is 0 Å². The number of amides is 1. The van der Waals surface area contributed by atoms with Crippen LogP contribution in [-0.2, 0) is 10.2 Å². The summed E-state index contributed by atoms with van der Waals surface area (Å²) >= 11 is 5.90. The summed E-state index contributed by atoms with van der Waals surface area (Å²) in [6, 6.07) is 13.1. The van der Waals surface area contributed by atoms with Gasteiger partial charge in [-0.1, -0.05) is 64.1 Å². The number of hydrogen-bond donors (Lipinski definition) is 1. The lowest BCUT2D eigenvalue weighted by Gasteiger charge is -2.19. The van der Waals surface area contributed by atoms with E-state index in [9.17, 15) is 9.59 Å². The molecule has 8 heteroatoms. The molecule has 0 N–H and O–H groups in total. The molecule has 34 heavy (non-hydrogen) atoms. The molecule has 1 aromatic carbocycles. The minimum Gasteiger partial charge on any atom is -0.438 e. The van der Waals surface area contributed by atoms with Crippen molar-refractivity contribution in [2.75, 3.05) is 6.54 Å². The van der Waals surface area contributed by atoms with Crippen molar-refractivity contribution in [3.63, 3.8) is 0 Å². The van der Waals surface area contributed by atoms with Gasteiger partial charge in [0, 0.05) is 12.7 Å². The summed E-state index contributed by atoms with van der Waals surface area (Å²) < 4.78 is 7.28. The summed E-state index contributed by atoms with van der Waals surface area (Å²) in [5.74, 6) is 0.613. The van der Waals surface area contributed by atoms with Crippen molar-refractivity contribution < 1.29 is 9.53 Å². The van der Waals surface area contributed by atoms with E-state index in [0.29, 0.717) is 22.8 Å². The second-order valence-electron chi connectivity index (χ2n) is 9.25. The fraction of sp³-hybridized carbons (Fsp3) is 0.346. The Labute approximate surface area is 209 Å². The molecule has 1 atom stereocenters. The van der Waals surface area contributed by atoms with Crippen LogP contribution in [-0.4, -0.2) is 31.4 Å². The number of nitrogens with zero attached hydrogens (tertiary/aromatic N) is 3. The summed E-state index contributed by atoms with van der Waals surface area (Å²) in [6.07, 6.45) is 5.13. The standard InChI is InChI=1S/C26H29N3O3S2/c1-5-6-14-29-24(31)20(34-25(29)33)16-19-22(27-21-9-7-8-15-28(21)23(19)30)32-18-12-10-17(11-13-18)26(2,3)4/h7-13,15-16,25,33H,5-6,14H2,1-4H3. The number of rotatable bonds is 6. The van der Waals surface area contributed by atoms with E-state index in [-0.39, 0.29) is 33.0 Å². The van der Waals surface area contributed by atoms with Crippen LogP contribution < -0.4 is 10.3 Å². The van der Waals surface area contributed by atoms with Gasteiger partial charge in [-0.25, -0.2) is 0 Å². The summed E-state index contributed by atoms with van der Waals surface area (Å²) in [7, 11) is 0. The molecule has 4 rings (SSSR count). The lowest BCUT2D eigenvalue weighted by molar-refractivity contribution is -0.125. The molecule has 0 spiro atoms. The number of carbonyl (C=O) groups is 1. The zero-order chi connectivity index (χ0) is 24.5. The van der Waals surface area contributed by atoms with E-state index >= 15 is 0 Å². The molecule has 2 aromatic heterocycles. The largest absolute Gasteiger partial charge is 0.438 e. The third kappa shape index (κ3) is 5.03. The predicted octanol–water partition coefficient (Wildman–Crippen LogP) is 5.71. The molecule has 6 nitrogen and oxygen atoms in total. The van der Waals surface area contributed by atoms with Crippen molar-refractivity contribution in [2.45, 2.75) is 50.7 Å². The van der Waals surface area contributed by atoms with Crippen LogP contribution in [0.15, 0.2) is 58.4 Å². The average Bonchev–Trinajstić information content (AvgIpc) is 3.07. The zero-order valence-electron chi connectivity index (χ0n) is 19.8. The second kappa shape index (κ2) is 9.88. The smallest absolute Gasteiger partial charge is 0.269 e. The van der Waals surface area contributed by atoms with E-state index in [4.69, 9.17) is 4.74 Å². The molecule has 1 aliphatic heterocycles. The first kappa shape index (κ1) is 24.4. The second-order valence-corrected chi connectivity index (χ2v) is 11.2. The third-order valence-corrected chi connectivity index (χ3v) is 7.27. The molecule has 0 radical (unpaired) electrons. The number of carbonyl (C=O) groups excluding carboxylic acids is 1. The van der Waals surface area contributed by atoms with Crippen molar-refractivity contribution in [1.82, 2.24) is 14.3 Å². The normalized spacial score (nSPS) is 17.7. The number of hydrogen-bond acceptors (Lipinski definition) is 6. The molecule has 0 saturated carbocycles. The van der Waals surface area contributed by atoms with Crippen LogP contribution in [0.1, 0.15) is 51.7 Å². The van der Waals surface area contributed by atoms with E-state index in [1.165, 1.54) is 21.7 Å². The highest BCUT2D eigenvalue weighted by molar-refractivity contribution is 8.14. The van der Waals surface area contributed by atoms with Crippen molar-refractivity contribution in [3.8, 4) is 11.6 Å². The number of fused-ring (bicyclic) bond motifs is 1. The first-order valence-corrected chi connectivity index (χ1v) is 12.8. The number of ether oxygens (including phenoxy) is 1. The van der Waals surface area contributed by atoms with Crippen molar-refractivity contribution in [1.29, 1.82) is 0 Å². The number of thioether (sulfide) groups is 1. The number of aromatic nitrogens is 2. The number of pyridine rings is 1. The van der Waals surface area contributed by atoms with E-state index in [0.717, 1.165) is 12.8 Å². The van der Waals surface area contributed by atoms with Gasteiger partial charge in [0.15, 0.2) is 0 Å². The van der Waals surface area contributed by atoms with Gasteiger partial charge in [0.2, 0.25) is 5.88 Å². The van der Waals surface area contributed by atoms with E-state index in [1.807, 2.05) is 30.3 Å². The summed E-state index contributed by atoms with van der Waals surface area (Å²) in [5, 5.41) is 0. The van der Waals surface area contributed by atoms with Gasteiger partial charge >= 0.3 is 0 Å². The monoisotopic (exact) mass is 495 g/mol. The van der Waals surface area contributed by atoms with E-state index < -0.39 is 0 Å². The Hall–Kier alpha value is -2.71. The Morgan fingerprint density at radius 1 is 1.15 bits per heavy atom. The van der Waals surface area contributed by atoms with Gasteiger partial charge in [-0.2, -0.15) is 4.98 Å². The first-order chi connectivity index (χ1) is 16.2. The zero-order valence-corrected chi connectivity index (χ0v) is 21.5. The van der Waals surface area contributed by atoms with Crippen molar-refractivity contribution >= 4 is 42.0 Å². The van der Waals surface area contributed by atoms with E-state index in [1.54, 1.807) is 29.3 Å². The van der Waals surface area contributed by atoms with Gasteiger partial charge in [0.05, 0.1) is 4.91 Å². The molecule has 3 heterocycles. The van der Waals surface area contributed by atoms with Crippen molar-refractivity contribution in [2.24, 2.45) is 0 Å². The Morgan fingerprint density at radius 3 is 2.56 bits per heavy atom. The Bertz CT molecular complexity index is 1290. The fourth-order valence-electron chi connectivity index (χ4n) is 3.66. The molecule has 1 aliphatic rings. The Balaban J connectivity index is 1.76. The maximum atomic E-state index is 13.4. The minimum absolute atomic E-state index is 0.0151. The number of thiol groups is 1. The Kier molecular flexibility index (Phi) is 7.09. The van der Waals surface area contributed by atoms with Crippen LogP contribution in [0.5, 0.6) is 11.6 Å². The molecule has 1 saturated heterocycles. The quantitative estimate of drug-likeness (QED) is 0.350. The molecule has 178 valence electrons. The Morgan fingerprint density at radius 2 is 1.88 bits per heavy atom. The first-order valence-electron chi connectivity index (χ1n) is 11.4. The van der Waals surface area contributed by atoms with Crippen molar-refractivity contribution in [3.05, 3.63) is 75.0 Å². The molecule has 0 aliphatic carbocycles. The lowest BCUT2D eigenvalue weighted by atomic mass is 9.87. The number of unbranched alkanes of at least 4 members (excludes halogenated alkanes) is 1. The molecule has 1 amide bonds.